The molecule has 1 rings (SSSR count). The number of anilines is 1. The van der Waals surface area contributed by atoms with Crippen LogP contribution in [0.15, 0.2) is 12.3 Å². The summed E-state index contributed by atoms with van der Waals surface area (Å²) in [5, 5.41) is 13.8. The molecule has 0 spiro atoms. The smallest absolute Gasteiger partial charge is 0.314 e. The van der Waals surface area contributed by atoms with Crippen molar-refractivity contribution in [3.8, 4) is 0 Å². The van der Waals surface area contributed by atoms with Crippen LogP contribution in [0.2, 0.25) is 0 Å². The number of nitro groups is 1. The normalized spacial score (nSPS) is 12.2. The molecule has 6 nitrogen and oxygen atoms in total. The fourth-order valence-corrected chi connectivity index (χ4v) is 1.28. The van der Waals surface area contributed by atoms with E-state index in [1.54, 1.807) is 19.2 Å². The second-order valence-electron chi connectivity index (χ2n) is 3.63. The summed E-state index contributed by atoms with van der Waals surface area (Å²) in [7, 11) is 0. The number of nitrogens with one attached hydrogen (secondary N) is 1. The highest BCUT2D eigenvalue weighted by molar-refractivity contribution is 5.59. The van der Waals surface area contributed by atoms with Gasteiger partial charge in [-0.05, 0) is 19.4 Å². The van der Waals surface area contributed by atoms with E-state index < -0.39 is 4.92 Å². The minimum absolute atomic E-state index is 0.0193. The Hall–Kier alpha value is -1.69. The summed E-state index contributed by atoms with van der Waals surface area (Å²) in [6, 6.07) is 1.59. The molecule has 0 aliphatic carbocycles. The molecule has 16 heavy (non-hydrogen) atoms. The van der Waals surface area contributed by atoms with Crippen molar-refractivity contribution in [2.75, 3.05) is 11.9 Å². The van der Waals surface area contributed by atoms with Gasteiger partial charge in [0.2, 0.25) is 5.82 Å². The van der Waals surface area contributed by atoms with Crippen LogP contribution in [-0.2, 0) is 0 Å². The molecule has 0 amide bonds. The topological polar surface area (TPSA) is 94.1 Å². The third kappa shape index (κ3) is 2.90. The van der Waals surface area contributed by atoms with Crippen molar-refractivity contribution >= 4 is 11.5 Å². The minimum Gasteiger partial charge on any atom is -0.363 e. The Morgan fingerprint density at radius 2 is 2.38 bits per heavy atom. The third-order valence-corrected chi connectivity index (χ3v) is 2.36. The highest BCUT2D eigenvalue weighted by Gasteiger charge is 2.18. The number of nitrogens with two attached hydrogens (primary N) is 1. The zero-order valence-corrected chi connectivity index (χ0v) is 9.43. The van der Waals surface area contributed by atoms with Crippen LogP contribution in [-0.4, -0.2) is 22.5 Å². The SMILES string of the molecule is CCC(N)CNc1nccc(C)c1[N+](=O)[O-]. The van der Waals surface area contributed by atoms with Crippen molar-refractivity contribution in [3.05, 3.63) is 27.9 Å². The van der Waals surface area contributed by atoms with Crippen molar-refractivity contribution in [1.82, 2.24) is 4.98 Å². The second kappa shape index (κ2) is 5.41. The van der Waals surface area contributed by atoms with Gasteiger partial charge in [0.1, 0.15) is 0 Å². The maximum absolute atomic E-state index is 10.9. The molecule has 0 bridgehead atoms. The van der Waals surface area contributed by atoms with Gasteiger partial charge in [0.05, 0.1) is 4.92 Å². The Morgan fingerprint density at radius 3 is 2.94 bits per heavy atom. The third-order valence-electron chi connectivity index (χ3n) is 2.36. The molecule has 0 saturated carbocycles. The van der Waals surface area contributed by atoms with Crippen molar-refractivity contribution < 1.29 is 4.92 Å². The van der Waals surface area contributed by atoms with Crippen molar-refractivity contribution in [1.29, 1.82) is 0 Å². The molecule has 0 saturated heterocycles. The number of hydrogen-bond donors (Lipinski definition) is 2. The fraction of sp³-hybridized carbons (Fsp3) is 0.500. The predicted octanol–water partition coefficient (Wildman–Crippen LogP) is 1.45. The van der Waals surface area contributed by atoms with Gasteiger partial charge < -0.3 is 11.1 Å². The first kappa shape index (κ1) is 12.4. The molecule has 0 radical (unpaired) electrons. The van der Waals surface area contributed by atoms with Crippen LogP contribution in [0.25, 0.3) is 0 Å². The van der Waals surface area contributed by atoms with Gasteiger partial charge in [0, 0.05) is 24.3 Å². The minimum atomic E-state index is -0.428. The lowest BCUT2D eigenvalue weighted by Crippen LogP contribution is -2.28. The molecule has 0 aliphatic heterocycles. The molecule has 1 aromatic heterocycles. The molecule has 0 aliphatic rings. The number of nitrogens with zero attached hydrogens (tertiary/aromatic N) is 2. The summed E-state index contributed by atoms with van der Waals surface area (Å²) in [4.78, 5) is 14.4. The molecule has 6 heteroatoms. The second-order valence-corrected chi connectivity index (χ2v) is 3.63. The molecule has 1 atom stereocenters. The summed E-state index contributed by atoms with van der Waals surface area (Å²) in [6.45, 7) is 4.13. The highest BCUT2D eigenvalue weighted by Crippen LogP contribution is 2.25. The lowest BCUT2D eigenvalue weighted by molar-refractivity contribution is -0.384. The van der Waals surface area contributed by atoms with Gasteiger partial charge in [-0.2, -0.15) is 0 Å². The molecule has 0 fully saturated rings. The molecular formula is C10H16N4O2. The van der Waals surface area contributed by atoms with Gasteiger partial charge in [0.25, 0.3) is 0 Å². The lowest BCUT2D eigenvalue weighted by Gasteiger charge is -2.11. The Balaban J connectivity index is 2.87. The van der Waals surface area contributed by atoms with E-state index in [0.717, 1.165) is 6.42 Å². The number of pyridine rings is 1. The summed E-state index contributed by atoms with van der Waals surface area (Å²) in [5.74, 6) is 0.286. The summed E-state index contributed by atoms with van der Waals surface area (Å²) < 4.78 is 0. The van der Waals surface area contributed by atoms with E-state index in [9.17, 15) is 10.1 Å². The van der Waals surface area contributed by atoms with E-state index in [4.69, 9.17) is 5.73 Å². The Morgan fingerprint density at radius 1 is 1.69 bits per heavy atom. The van der Waals surface area contributed by atoms with Crippen LogP contribution in [0.5, 0.6) is 0 Å². The van der Waals surface area contributed by atoms with E-state index in [-0.39, 0.29) is 17.5 Å². The summed E-state index contributed by atoms with van der Waals surface area (Å²) >= 11 is 0. The molecule has 0 aromatic carbocycles. The van der Waals surface area contributed by atoms with Gasteiger partial charge in [-0.1, -0.05) is 6.92 Å². The van der Waals surface area contributed by atoms with E-state index in [2.05, 4.69) is 10.3 Å². The van der Waals surface area contributed by atoms with Crippen LogP contribution in [0.1, 0.15) is 18.9 Å². The molecule has 3 N–H and O–H groups in total. The zero-order chi connectivity index (χ0) is 12.1. The fourth-order valence-electron chi connectivity index (χ4n) is 1.28. The first-order valence-corrected chi connectivity index (χ1v) is 5.15. The monoisotopic (exact) mass is 224 g/mol. The lowest BCUT2D eigenvalue weighted by atomic mass is 10.2. The van der Waals surface area contributed by atoms with Crippen molar-refractivity contribution in [3.63, 3.8) is 0 Å². The van der Waals surface area contributed by atoms with Gasteiger partial charge in [-0.25, -0.2) is 4.98 Å². The van der Waals surface area contributed by atoms with Gasteiger partial charge in [0.15, 0.2) is 0 Å². The van der Waals surface area contributed by atoms with Crippen LogP contribution in [0, 0.1) is 17.0 Å². The number of aryl methyl sites for hydroxylation is 1. The average Bonchev–Trinajstić information content (AvgIpc) is 2.25. The van der Waals surface area contributed by atoms with Crippen LogP contribution in [0.4, 0.5) is 11.5 Å². The number of hydrogen-bond acceptors (Lipinski definition) is 5. The highest BCUT2D eigenvalue weighted by atomic mass is 16.6. The number of aromatic nitrogens is 1. The quantitative estimate of drug-likeness (QED) is 0.583. The molecule has 1 unspecified atom stereocenters. The van der Waals surface area contributed by atoms with Crippen molar-refractivity contribution in [2.24, 2.45) is 5.73 Å². The molecule has 1 aromatic rings. The average molecular weight is 224 g/mol. The summed E-state index contributed by atoms with van der Waals surface area (Å²) in [5.41, 5.74) is 6.33. The van der Waals surface area contributed by atoms with E-state index in [1.165, 1.54) is 0 Å². The molecule has 88 valence electrons. The van der Waals surface area contributed by atoms with Crippen LogP contribution in [0.3, 0.4) is 0 Å². The van der Waals surface area contributed by atoms with Gasteiger partial charge >= 0.3 is 5.69 Å². The zero-order valence-electron chi connectivity index (χ0n) is 9.43. The maximum atomic E-state index is 10.9. The molecular weight excluding hydrogens is 208 g/mol. The van der Waals surface area contributed by atoms with Gasteiger partial charge in [-0.15, -0.1) is 0 Å². The van der Waals surface area contributed by atoms with E-state index >= 15 is 0 Å². The maximum Gasteiger partial charge on any atom is 0.314 e. The standard InChI is InChI=1S/C10H16N4O2/c1-3-8(11)6-13-10-9(14(15)16)7(2)4-5-12-10/h4-5,8H,3,6,11H2,1-2H3,(H,12,13). The largest absolute Gasteiger partial charge is 0.363 e. The number of rotatable bonds is 5. The molecule has 1 heterocycles. The van der Waals surface area contributed by atoms with Gasteiger partial charge in [-0.3, -0.25) is 10.1 Å². The van der Waals surface area contributed by atoms with Crippen LogP contribution < -0.4 is 11.1 Å². The van der Waals surface area contributed by atoms with E-state index in [0.29, 0.717) is 12.1 Å². The first-order chi connectivity index (χ1) is 7.56. The van der Waals surface area contributed by atoms with E-state index in [1.807, 2.05) is 6.92 Å². The Bertz CT molecular complexity index is 381. The Labute approximate surface area is 94.0 Å². The predicted molar refractivity (Wildman–Crippen MR) is 62.4 cm³/mol. The Kier molecular flexibility index (Phi) is 4.19. The summed E-state index contributed by atoms with van der Waals surface area (Å²) in [6.07, 6.45) is 2.36. The van der Waals surface area contributed by atoms with Crippen molar-refractivity contribution in [2.45, 2.75) is 26.3 Å². The first-order valence-electron chi connectivity index (χ1n) is 5.15. The van der Waals surface area contributed by atoms with Crippen LogP contribution >= 0.6 is 0 Å².